The number of nitrogens with one attached hydrogen (secondary N) is 1. The van der Waals surface area contributed by atoms with Crippen LogP contribution in [0.4, 0.5) is 4.39 Å². The van der Waals surface area contributed by atoms with Crippen molar-refractivity contribution in [3.8, 4) is 11.3 Å². The summed E-state index contributed by atoms with van der Waals surface area (Å²) in [6.07, 6.45) is 0.827. The third-order valence-corrected chi connectivity index (χ3v) is 3.49. The summed E-state index contributed by atoms with van der Waals surface area (Å²) < 4.78 is 13.0. The second-order valence-corrected chi connectivity index (χ2v) is 5.02. The van der Waals surface area contributed by atoms with E-state index in [1.54, 1.807) is 18.3 Å². The SMILES string of the molecule is Cc1ccc(C(O)c2cn[nH]c2-c2ccc(F)cc2)cc1. The molecule has 4 heteroatoms. The first-order valence-electron chi connectivity index (χ1n) is 6.69. The molecule has 2 N–H and O–H groups in total. The molecule has 106 valence electrons. The average Bonchev–Trinajstić information content (AvgIpc) is 2.97. The van der Waals surface area contributed by atoms with Crippen molar-refractivity contribution in [3.63, 3.8) is 0 Å². The van der Waals surface area contributed by atoms with E-state index in [9.17, 15) is 9.50 Å². The Morgan fingerprint density at radius 3 is 2.38 bits per heavy atom. The Bertz CT molecular complexity index is 732. The van der Waals surface area contributed by atoms with Gasteiger partial charge in [-0.2, -0.15) is 5.10 Å². The predicted molar refractivity (Wildman–Crippen MR) is 79.2 cm³/mol. The maximum atomic E-state index is 13.0. The Morgan fingerprint density at radius 1 is 1.05 bits per heavy atom. The minimum absolute atomic E-state index is 0.293. The molecule has 2 aromatic carbocycles. The van der Waals surface area contributed by atoms with Gasteiger partial charge in [-0.3, -0.25) is 5.10 Å². The standard InChI is InChI=1S/C17H15FN2O/c1-11-2-4-13(5-3-11)17(21)15-10-19-20-16(15)12-6-8-14(18)9-7-12/h2-10,17,21H,1H3,(H,19,20). The minimum Gasteiger partial charge on any atom is -0.384 e. The van der Waals surface area contributed by atoms with Gasteiger partial charge in [-0.15, -0.1) is 0 Å². The molecule has 1 atom stereocenters. The largest absolute Gasteiger partial charge is 0.384 e. The highest BCUT2D eigenvalue weighted by Crippen LogP contribution is 2.30. The molecule has 0 fully saturated rings. The summed E-state index contributed by atoms with van der Waals surface area (Å²) in [4.78, 5) is 0. The second kappa shape index (κ2) is 5.50. The van der Waals surface area contributed by atoms with Crippen LogP contribution in [-0.4, -0.2) is 15.3 Å². The van der Waals surface area contributed by atoms with Gasteiger partial charge in [0.25, 0.3) is 0 Å². The van der Waals surface area contributed by atoms with Crippen molar-refractivity contribution in [2.45, 2.75) is 13.0 Å². The first-order valence-corrected chi connectivity index (χ1v) is 6.69. The van der Waals surface area contributed by atoms with Crippen molar-refractivity contribution in [1.82, 2.24) is 10.2 Å². The number of aromatic nitrogens is 2. The molecule has 0 aliphatic heterocycles. The normalized spacial score (nSPS) is 12.3. The van der Waals surface area contributed by atoms with Crippen LogP contribution in [0.2, 0.25) is 0 Å². The van der Waals surface area contributed by atoms with Crippen LogP contribution in [0.3, 0.4) is 0 Å². The summed E-state index contributed by atoms with van der Waals surface area (Å²) in [5.41, 5.74) is 4.09. The first kappa shape index (κ1) is 13.5. The smallest absolute Gasteiger partial charge is 0.123 e. The van der Waals surface area contributed by atoms with Gasteiger partial charge in [-0.1, -0.05) is 29.8 Å². The van der Waals surface area contributed by atoms with Crippen LogP contribution in [0.1, 0.15) is 22.8 Å². The van der Waals surface area contributed by atoms with E-state index in [-0.39, 0.29) is 5.82 Å². The molecular formula is C17H15FN2O. The number of aliphatic hydroxyl groups is 1. The number of hydrogen-bond donors (Lipinski definition) is 2. The molecule has 1 unspecified atom stereocenters. The molecule has 0 radical (unpaired) electrons. The highest BCUT2D eigenvalue weighted by atomic mass is 19.1. The van der Waals surface area contributed by atoms with Gasteiger partial charge in [0.15, 0.2) is 0 Å². The molecule has 3 aromatic rings. The summed E-state index contributed by atoms with van der Waals surface area (Å²) >= 11 is 0. The molecular weight excluding hydrogens is 267 g/mol. The quantitative estimate of drug-likeness (QED) is 0.771. The molecule has 1 heterocycles. The fraction of sp³-hybridized carbons (Fsp3) is 0.118. The van der Waals surface area contributed by atoms with E-state index < -0.39 is 6.10 Å². The summed E-state index contributed by atoms with van der Waals surface area (Å²) in [5, 5.41) is 17.4. The molecule has 0 bridgehead atoms. The highest BCUT2D eigenvalue weighted by molar-refractivity contribution is 5.63. The molecule has 21 heavy (non-hydrogen) atoms. The van der Waals surface area contributed by atoms with E-state index in [1.807, 2.05) is 31.2 Å². The summed E-state index contributed by atoms with van der Waals surface area (Å²) in [6, 6.07) is 13.8. The van der Waals surface area contributed by atoms with Gasteiger partial charge in [-0.05, 0) is 36.8 Å². The Labute approximate surface area is 122 Å². The van der Waals surface area contributed by atoms with E-state index in [1.165, 1.54) is 12.1 Å². The van der Waals surface area contributed by atoms with Crippen molar-refractivity contribution in [3.05, 3.63) is 77.2 Å². The van der Waals surface area contributed by atoms with Gasteiger partial charge in [0, 0.05) is 11.1 Å². The van der Waals surface area contributed by atoms with Gasteiger partial charge in [0.05, 0.1) is 11.9 Å². The van der Waals surface area contributed by atoms with Crippen molar-refractivity contribution >= 4 is 0 Å². The molecule has 0 aliphatic carbocycles. The Morgan fingerprint density at radius 2 is 1.71 bits per heavy atom. The van der Waals surface area contributed by atoms with E-state index in [0.717, 1.165) is 16.7 Å². The summed E-state index contributed by atoms with van der Waals surface area (Å²) in [7, 11) is 0. The number of H-pyrrole nitrogens is 1. The number of hydrogen-bond acceptors (Lipinski definition) is 2. The van der Waals surface area contributed by atoms with Gasteiger partial charge in [0.2, 0.25) is 0 Å². The predicted octanol–water partition coefficient (Wildman–Crippen LogP) is 3.61. The minimum atomic E-state index is -0.774. The zero-order valence-corrected chi connectivity index (χ0v) is 11.5. The lowest BCUT2D eigenvalue weighted by molar-refractivity contribution is 0.221. The van der Waals surface area contributed by atoms with Crippen molar-refractivity contribution in [2.24, 2.45) is 0 Å². The maximum absolute atomic E-state index is 13.0. The van der Waals surface area contributed by atoms with Crippen LogP contribution in [0.15, 0.2) is 54.7 Å². The fourth-order valence-electron chi connectivity index (χ4n) is 2.28. The molecule has 0 saturated heterocycles. The van der Waals surface area contributed by atoms with Crippen molar-refractivity contribution in [2.75, 3.05) is 0 Å². The van der Waals surface area contributed by atoms with Crippen LogP contribution in [0.5, 0.6) is 0 Å². The monoisotopic (exact) mass is 282 g/mol. The molecule has 0 amide bonds. The third kappa shape index (κ3) is 2.71. The maximum Gasteiger partial charge on any atom is 0.123 e. The topological polar surface area (TPSA) is 48.9 Å². The third-order valence-electron chi connectivity index (χ3n) is 3.49. The van der Waals surface area contributed by atoms with Crippen molar-refractivity contribution in [1.29, 1.82) is 0 Å². The van der Waals surface area contributed by atoms with Crippen LogP contribution in [-0.2, 0) is 0 Å². The fourth-order valence-corrected chi connectivity index (χ4v) is 2.28. The Kier molecular flexibility index (Phi) is 3.54. The van der Waals surface area contributed by atoms with Gasteiger partial charge >= 0.3 is 0 Å². The molecule has 0 spiro atoms. The molecule has 0 aliphatic rings. The summed E-state index contributed by atoms with van der Waals surface area (Å²) in [5.74, 6) is -0.293. The number of halogens is 1. The van der Waals surface area contributed by atoms with Crippen LogP contribution >= 0.6 is 0 Å². The Balaban J connectivity index is 1.98. The number of aromatic amines is 1. The number of nitrogens with zero attached hydrogens (tertiary/aromatic N) is 1. The molecule has 3 rings (SSSR count). The first-order chi connectivity index (χ1) is 10.1. The van der Waals surface area contributed by atoms with Gasteiger partial charge < -0.3 is 5.11 Å². The lowest BCUT2D eigenvalue weighted by Gasteiger charge is -2.12. The van der Waals surface area contributed by atoms with Crippen LogP contribution < -0.4 is 0 Å². The number of aliphatic hydroxyl groups excluding tert-OH is 1. The van der Waals surface area contributed by atoms with Crippen LogP contribution in [0.25, 0.3) is 11.3 Å². The molecule has 0 saturated carbocycles. The van der Waals surface area contributed by atoms with E-state index in [2.05, 4.69) is 10.2 Å². The Hall–Kier alpha value is -2.46. The van der Waals surface area contributed by atoms with Crippen LogP contribution in [0, 0.1) is 12.7 Å². The van der Waals surface area contributed by atoms with E-state index in [0.29, 0.717) is 11.3 Å². The van der Waals surface area contributed by atoms with E-state index >= 15 is 0 Å². The molecule has 3 nitrogen and oxygen atoms in total. The number of benzene rings is 2. The van der Waals surface area contributed by atoms with Gasteiger partial charge in [-0.25, -0.2) is 4.39 Å². The number of rotatable bonds is 3. The average molecular weight is 282 g/mol. The lowest BCUT2D eigenvalue weighted by Crippen LogP contribution is -2.00. The van der Waals surface area contributed by atoms with Crippen molar-refractivity contribution < 1.29 is 9.50 Å². The van der Waals surface area contributed by atoms with E-state index in [4.69, 9.17) is 0 Å². The van der Waals surface area contributed by atoms with Gasteiger partial charge in [0.1, 0.15) is 11.9 Å². The molecule has 1 aromatic heterocycles. The highest BCUT2D eigenvalue weighted by Gasteiger charge is 2.17. The lowest BCUT2D eigenvalue weighted by atomic mass is 9.98. The zero-order chi connectivity index (χ0) is 14.8. The summed E-state index contributed by atoms with van der Waals surface area (Å²) in [6.45, 7) is 2.00. The zero-order valence-electron chi connectivity index (χ0n) is 11.5. The number of aryl methyl sites for hydroxylation is 1. The second-order valence-electron chi connectivity index (χ2n) is 5.02.